The van der Waals surface area contributed by atoms with Crippen molar-refractivity contribution in [3.8, 4) is 0 Å². The van der Waals surface area contributed by atoms with E-state index in [1.807, 2.05) is 6.33 Å². The van der Waals surface area contributed by atoms with Gasteiger partial charge in [-0.3, -0.25) is 4.79 Å². The lowest BCUT2D eigenvalue weighted by atomic mass is 9.34. The van der Waals surface area contributed by atoms with Gasteiger partial charge in [-0.15, -0.1) is 0 Å². The van der Waals surface area contributed by atoms with Crippen LogP contribution < -0.4 is 5.32 Å². The van der Waals surface area contributed by atoms with E-state index in [2.05, 4.69) is 76.6 Å². The van der Waals surface area contributed by atoms with E-state index in [0.717, 1.165) is 58.0 Å². The number of likely N-dealkylation sites (N-methyl/N-ethyl adjacent to an activating group) is 1. The normalized spacial score (nSPS) is 45.8. The molecule has 0 radical (unpaired) electrons. The Balaban J connectivity index is 1.28. The number of carboxylic acid groups (broad SMARTS) is 1. The van der Waals surface area contributed by atoms with E-state index in [-0.39, 0.29) is 50.7 Å². The largest absolute Gasteiger partial charge is 0.481 e. The highest BCUT2D eigenvalue weighted by molar-refractivity contribution is 5.73. The van der Waals surface area contributed by atoms with Crippen LogP contribution in [0.15, 0.2) is 24.3 Å². The molecule has 5 fully saturated rings. The van der Waals surface area contributed by atoms with Crippen LogP contribution in [-0.4, -0.2) is 64.4 Å². The molecular weight excluding hydrogens is 600 g/mol. The zero-order valence-corrected chi connectivity index (χ0v) is 31.2. The summed E-state index contributed by atoms with van der Waals surface area (Å²) in [6, 6.07) is 0.0595. The summed E-state index contributed by atoms with van der Waals surface area (Å²) < 4.78 is 16.1. The fourth-order valence-corrected chi connectivity index (χ4v) is 13.5. The van der Waals surface area contributed by atoms with E-state index >= 15 is 0 Å². The molecule has 0 amide bonds. The third kappa shape index (κ3) is 4.73. The van der Waals surface area contributed by atoms with Gasteiger partial charge in [0.15, 0.2) is 0 Å². The lowest BCUT2D eigenvalue weighted by Crippen LogP contribution is -2.69. The monoisotopic (exact) mass is 664 g/mol. The van der Waals surface area contributed by atoms with E-state index in [9.17, 15) is 9.90 Å². The first-order valence-corrected chi connectivity index (χ1v) is 19.4. The molecule has 48 heavy (non-hydrogen) atoms. The Bertz CT molecular complexity index is 1390. The molecule has 1 aliphatic heterocycles. The van der Waals surface area contributed by atoms with E-state index in [1.54, 1.807) is 11.9 Å². The molecule has 6 aliphatic rings. The summed E-state index contributed by atoms with van der Waals surface area (Å²) in [7, 11) is 2.11. The van der Waals surface area contributed by atoms with Crippen LogP contribution in [0.5, 0.6) is 0 Å². The van der Waals surface area contributed by atoms with Crippen molar-refractivity contribution >= 4 is 5.97 Å². The molecule has 4 saturated carbocycles. The SMILES string of the molecule is CNC1(CO[C@H]2[C@H](n3cncn3)CC34COC[C@@]2(C)[C@@H]3CC[C@H]2C4=CC[C@@]3(C)[C@H](C(=O)O)[C@@](C)([C@H](C)C(C)C)CC[C@]23C)CCCCC1. The number of nitrogens with zero attached hydrogens (tertiary/aromatic N) is 3. The van der Waals surface area contributed by atoms with Crippen LogP contribution >= 0.6 is 0 Å². The molecule has 7 rings (SSSR count). The third-order valence-electron chi connectivity index (χ3n) is 16.7. The van der Waals surface area contributed by atoms with Crippen molar-refractivity contribution < 1.29 is 19.4 Å². The molecule has 1 aromatic heterocycles. The van der Waals surface area contributed by atoms with E-state index in [4.69, 9.17) is 14.6 Å². The summed E-state index contributed by atoms with van der Waals surface area (Å²) in [5.41, 5.74) is 0.643. The zero-order valence-electron chi connectivity index (χ0n) is 31.2. The zero-order chi connectivity index (χ0) is 34.3. The minimum Gasteiger partial charge on any atom is -0.481 e. The van der Waals surface area contributed by atoms with Crippen molar-refractivity contribution in [3.05, 3.63) is 24.3 Å². The van der Waals surface area contributed by atoms with Crippen LogP contribution in [0.4, 0.5) is 0 Å². The van der Waals surface area contributed by atoms with Crippen molar-refractivity contribution in [2.45, 2.75) is 137 Å². The fraction of sp³-hybridized carbons (Fsp3) is 0.875. The number of aliphatic carboxylic acids is 1. The summed E-state index contributed by atoms with van der Waals surface area (Å²) in [4.78, 5) is 17.9. The maximum absolute atomic E-state index is 13.5. The number of hydrogen-bond donors (Lipinski definition) is 2. The predicted molar refractivity (Wildman–Crippen MR) is 187 cm³/mol. The molecule has 2 bridgehead atoms. The quantitative estimate of drug-likeness (QED) is 0.275. The molecule has 2 N–H and O–H groups in total. The van der Waals surface area contributed by atoms with Gasteiger partial charge in [0.05, 0.1) is 37.9 Å². The van der Waals surface area contributed by atoms with Crippen LogP contribution in [0.2, 0.25) is 0 Å². The average molecular weight is 665 g/mol. The minimum atomic E-state index is -0.600. The number of rotatable bonds is 8. The number of allylic oxidation sites excluding steroid dienone is 1. The second kappa shape index (κ2) is 11.9. The minimum absolute atomic E-state index is 0.0252. The van der Waals surface area contributed by atoms with Crippen LogP contribution in [0.1, 0.15) is 125 Å². The maximum atomic E-state index is 13.5. The van der Waals surface area contributed by atoms with E-state index < -0.39 is 5.97 Å². The summed E-state index contributed by atoms with van der Waals surface area (Å²) >= 11 is 0. The van der Waals surface area contributed by atoms with Crippen molar-refractivity contribution in [1.29, 1.82) is 0 Å². The van der Waals surface area contributed by atoms with Gasteiger partial charge >= 0.3 is 5.97 Å². The van der Waals surface area contributed by atoms with Crippen molar-refractivity contribution in [3.63, 3.8) is 0 Å². The Hall–Kier alpha value is -1.77. The van der Waals surface area contributed by atoms with Gasteiger partial charge in [-0.2, -0.15) is 5.10 Å². The van der Waals surface area contributed by atoms with Crippen LogP contribution in [0, 0.1) is 56.7 Å². The van der Waals surface area contributed by atoms with E-state index in [0.29, 0.717) is 36.9 Å². The first-order valence-electron chi connectivity index (χ1n) is 19.4. The Morgan fingerprint density at radius 1 is 1.06 bits per heavy atom. The lowest BCUT2D eigenvalue weighted by Gasteiger charge is -2.71. The maximum Gasteiger partial charge on any atom is 0.307 e. The van der Waals surface area contributed by atoms with Gasteiger partial charge in [-0.05, 0) is 98.3 Å². The first kappa shape index (κ1) is 34.7. The third-order valence-corrected chi connectivity index (χ3v) is 16.7. The van der Waals surface area contributed by atoms with Crippen molar-refractivity contribution in [2.75, 3.05) is 26.9 Å². The summed E-state index contributed by atoms with van der Waals surface area (Å²) in [5.74, 6) is 0.591. The number of aromatic nitrogens is 3. The van der Waals surface area contributed by atoms with Gasteiger partial charge in [0.25, 0.3) is 0 Å². The molecule has 0 spiro atoms. The average Bonchev–Trinajstić information content (AvgIpc) is 3.59. The number of carbonyl (C=O) groups is 1. The second-order valence-corrected chi connectivity index (χ2v) is 18.8. The molecule has 8 heteroatoms. The summed E-state index contributed by atoms with van der Waals surface area (Å²) in [5, 5.41) is 19.5. The summed E-state index contributed by atoms with van der Waals surface area (Å²) in [6.07, 6.45) is 18.2. The van der Waals surface area contributed by atoms with Gasteiger partial charge < -0.3 is 19.9 Å². The number of ether oxygens (including phenoxy) is 2. The Morgan fingerprint density at radius 2 is 1.81 bits per heavy atom. The van der Waals surface area contributed by atoms with E-state index in [1.165, 1.54) is 19.3 Å². The van der Waals surface area contributed by atoms with Crippen LogP contribution in [0.3, 0.4) is 0 Å². The molecule has 268 valence electrons. The Labute approximate surface area is 289 Å². The number of carboxylic acids is 1. The first-order chi connectivity index (χ1) is 22.7. The van der Waals surface area contributed by atoms with Gasteiger partial charge in [0.1, 0.15) is 12.7 Å². The topological polar surface area (TPSA) is 98.5 Å². The van der Waals surface area contributed by atoms with Crippen LogP contribution in [0.25, 0.3) is 0 Å². The molecule has 11 atom stereocenters. The van der Waals surface area contributed by atoms with Gasteiger partial charge in [0, 0.05) is 16.4 Å². The standard InChI is InChI=1S/C40H64N4O4/c1-26(2)27(3)35(4)18-19-37(6)28-12-13-31-36(5)21-47-23-40(31,29(28)14-17-38(37,7)32(35)34(45)46)20-30(44-25-42-24-43-44)33(36)48-22-39(41-8)15-10-9-11-16-39/h14,24-28,30-33,41H,9-13,15-23H2,1-8H3,(H,45,46)/t27-,28+,30-,31+,32-,33+,35-,36+,37-,38+,40?/m1/s1. The second-order valence-electron chi connectivity index (χ2n) is 18.8. The van der Waals surface area contributed by atoms with Gasteiger partial charge in [0.2, 0.25) is 0 Å². The number of hydrogen-bond acceptors (Lipinski definition) is 6. The Kier molecular flexibility index (Phi) is 8.59. The van der Waals surface area contributed by atoms with Crippen molar-refractivity contribution in [1.82, 2.24) is 20.1 Å². The molecule has 1 saturated heterocycles. The molecule has 1 unspecified atom stereocenters. The Morgan fingerprint density at radius 3 is 2.46 bits per heavy atom. The predicted octanol–water partition coefficient (Wildman–Crippen LogP) is 7.72. The number of fused-ring (bicyclic) bond motifs is 3. The molecule has 8 nitrogen and oxygen atoms in total. The van der Waals surface area contributed by atoms with Crippen molar-refractivity contribution in [2.24, 2.45) is 56.7 Å². The fourth-order valence-electron chi connectivity index (χ4n) is 13.5. The molecular formula is C40H64N4O4. The molecule has 2 heterocycles. The molecule has 0 aromatic carbocycles. The highest BCUT2D eigenvalue weighted by Crippen LogP contribution is 2.75. The number of nitrogens with one attached hydrogen (secondary N) is 1. The van der Waals surface area contributed by atoms with Gasteiger partial charge in [-0.1, -0.05) is 79.4 Å². The highest BCUT2D eigenvalue weighted by Gasteiger charge is 2.72. The molecule has 1 aromatic rings. The lowest BCUT2D eigenvalue weighted by molar-refractivity contribution is -0.253. The van der Waals surface area contributed by atoms with Crippen LogP contribution in [-0.2, 0) is 14.3 Å². The summed E-state index contributed by atoms with van der Waals surface area (Å²) in [6.45, 7) is 18.5. The molecule has 5 aliphatic carbocycles. The highest BCUT2D eigenvalue weighted by atomic mass is 16.5. The van der Waals surface area contributed by atoms with Gasteiger partial charge in [-0.25, -0.2) is 9.67 Å². The smallest absolute Gasteiger partial charge is 0.307 e.